The number of carbonyl (C=O) groups is 1. The minimum absolute atomic E-state index is 0.0269. The van der Waals surface area contributed by atoms with Crippen LogP contribution < -0.4 is 14.8 Å². The fourth-order valence-corrected chi connectivity index (χ4v) is 1.63. The molecule has 1 heterocycles. The molecule has 0 spiro atoms. The topological polar surface area (TPSA) is 67.8 Å². The van der Waals surface area contributed by atoms with Gasteiger partial charge in [0.15, 0.2) is 11.5 Å². The molecule has 2 rings (SSSR count). The van der Waals surface area contributed by atoms with E-state index in [2.05, 4.69) is 5.32 Å². The summed E-state index contributed by atoms with van der Waals surface area (Å²) in [6.45, 7) is 4.45. The summed E-state index contributed by atoms with van der Waals surface area (Å²) in [5, 5.41) is 11.9. The molecule has 20 heavy (non-hydrogen) atoms. The van der Waals surface area contributed by atoms with E-state index in [-0.39, 0.29) is 24.7 Å². The van der Waals surface area contributed by atoms with Crippen LogP contribution >= 0.6 is 0 Å². The maximum absolute atomic E-state index is 11.7. The third kappa shape index (κ3) is 3.74. The standard InChI is InChI=1S/C15H19NO4/c1-15(2,9-17)8-16-14(18)6-4-11-3-5-12-13(7-11)20-10-19-12/h3-7,17H,8-10H2,1-2H3,(H,16,18)/b6-4+. The van der Waals surface area contributed by atoms with E-state index in [0.717, 1.165) is 11.3 Å². The Balaban J connectivity index is 1.91. The van der Waals surface area contributed by atoms with Crippen molar-refractivity contribution in [3.63, 3.8) is 0 Å². The van der Waals surface area contributed by atoms with Gasteiger partial charge in [-0.05, 0) is 23.8 Å². The smallest absolute Gasteiger partial charge is 0.244 e. The molecule has 1 aliphatic heterocycles. The Kier molecular flexibility index (Phi) is 4.29. The molecule has 1 amide bonds. The minimum Gasteiger partial charge on any atom is -0.454 e. The third-order valence-electron chi connectivity index (χ3n) is 2.99. The highest BCUT2D eigenvalue weighted by Crippen LogP contribution is 2.32. The van der Waals surface area contributed by atoms with Crippen LogP contribution in [0.2, 0.25) is 0 Å². The molecule has 0 unspecified atom stereocenters. The van der Waals surface area contributed by atoms with Gasteiger partial charge < -0.3 is 19.9 Å². The lowest BCUT2D eigenvalue weighted by Crippen LogP contribution is -2.35. The number of ether oxygens (including phenoxy) is 2. The highest BCUT2D eigenvalue weighted by Gasteiger charge is 2.16. The fourth-order valence-electron chi connectivity index (χ4n) is 1.63. The Morgan fingerprint density at radius 3 is 2.90 bits per heavy atom. The van der Waals surface area contributed by atoms with Crippen LogP contribution in [0.3, 0.4) is 0 Å². The van der Waals surface area contributed by atoms with Crippen molar-refractivity contribution in [2.75, 3.05) is 19.9 Å². The summed E-state index contributed by atoms with van der Waals surface area (Å²) in [5.41, 5.74) is 0.549. The Morgan fingerprint density at radius 1 is 1.40 bits per heavy atom. The molecule has 108 valence electrons. The molecule has 0 aromatic heterocycles. The van der Waals surface area contributed by atoms with E-state index in [1.165, 1.54) is 6.08 Å². The van der Waals surface area contributed by atoms with Crippen LogP contribution in [0.4, 0.5) is 0 Å². The SMILES string of the molecule is CC(C)(CO)CNC(=O)/C=C/c1ccc2c(c1)OCO2. The number of nitrogens with one attached hydrogen (secondary N) is 1. The van der Waals surface area contributed by atoms with Crippen LogP contribution in [-0.4, -0.2) is 31.0 Å². The van der Waals surface area contributed by atoms with Crippen LogP contribution in [0, 0.1) is 5.41 Å². The summed E-state index contributed by atoms with van der Waals surface area (Å²) in [6.07, 6.45) is 3.17. The lowest BCUT2D eigenvalue weighted by molar-refractivity contribution is -0.117. The average molecular weight is 277 g/mol. The minimum atomic E-state index is -0.317. The molecule has 0 atom stereocenters. The first-order valence-electron chi connectivity index (χ1n) is 6.47. The van der Waals surface area contributed by atoms with Gasteiger partial charge in [0, 0.05) is 24.6 Å². The van der Waals surface area contributed by atoms with Crippen molar-refractivity contribution in [3.8, 4) is 11.5 Å². The van der Waals surface area contributed by atoms with Crippen LogP contribution in [0.15, 0.2) is 24.3 Å². The zero-order valence-electron chi connectivity index (χ0n) is 11.7. The molecule has 0 aliphatic carbocycles. The molecule has 1 aliphatic rings. The third-order valence-corrected chi connectivity index (χ3v) is 2.99. The highest BCUT2D eigenvalue weighted by molar-refractivity contribution is 5.91. The van der Waals surface area contributed by atoms with Gasteiger partial charge in [-0.3, -0.25) is 4.79 Å². The van der Waals surface area contributed by atoms with Crippen molar-refractivity contribution in [1.29, 1.82) is 0 Å². The van der Waals surface area contributed by atoms with Gasteiger partial charge in [-0.1, -0.05) is 19.9 Å². The number of fused-ring (bicyclic) bond motifs is 1. The quantitative estimate of drug-likeness (QED) is 0.802. The first-order valence-corrected chi connectivity index (χ1v) is 6.47. The van der Waals surface area contributed by atoms with E-state index in [4.69, 9.17) is 14.6 Å². The molecular weight excluding hydrogens is 258 g/mol. The number of carbonyl (C=O) groups excluding carboxylic acids is 1. The van der Waals surface area contributed by atoms with Crippen LogP contribution in [0.5, 0.6) is 11.5 Å². The van der Waals surface area contributed by atoms with Gasteiger partial charge >= 0.3 is 0 Å². The number of aliphatic hydroxyl groups is 1. The van der Waals surface area contributed by atoms with Gasteiger partial charge in [0.1, 0.15) is 0 Å². The highest BCUT2D eigenvalue weighted by atomic mass is 16.7. The van der Waals surface area contributed by atoms with Crippen molar-refractivity contribution in [3.05, 3.63) is 29.8 Å². The maximum Gasteiger partial charge on any atom is 0.244 e. The lowest BCUT2D eigenvalue weighted by atomic mass is 9.95. The predicted molar refractivity (Wildman–Crippen MR) is 75.5 cm³/mol. The van der Waals surface area contributed by atoms with E-state index < -0.39 is 0 Å². The molecule has 0 radical (unpaired) electrons. The number of benzene rings is 1. The van der Waals surface area contributed by atoms with E-state index in [0.29, 0.717) is 12.3 Å². The van der Waals surface area contributed by atoms with E-state index in [1.807, 2.05) is 32.0 Å². The van der Waals surface area contributed by atoms with Crippen molar-refractivity contribution in [1.82, 2.24) is 5.32 Å². The van der Waals surface area contributed by atoms with Crippen LogP contribution in [0.1, 0.15) is 19.4 Å². The second-order valence-electron chi connectivity index (χ2n) is 5.49. The predicted octanol–water partition coefficient (Wildman–Crippen LogP) is 1.56. The summed E-state index contributed by atoms with van der Waals surface area (Å²) < 4.78 is 10.5. The maximum atomic E-state index is 11.7. The Morgan fingerprint density at radius 2 is 2.15 bits per heavy atom. The largest absolute Gasteiger partial charge is 0.454 e. The van der Waals surface area contributed by atoms with Gasteiger partial charge in [-0.2, -0.15) is 0 Å². The van der Waals surface area contributed by atoms with Crippen molar-refractivity contribution in [2.45, 2.75) is 13.8 Å². The van der Waals surface area contributed by atoms with Crippen LogP contribution in [0.25, 0.3) is 6.08 Å². The van der Waals surface area contributed by atoms with E-state index in [9.17, 15) is 4.79 Å². The molecule has 0 fully saturated rings. The molecule has 1 aromatic rings. The molecular formula is C15H19NO4. The number of aliphatic hydroxyl groups excluding tert-OH is 1. The first-order chi connectivity index (χ1) is 9.50. The average Bonchev–Trinajstić information content (AvgIpc) is 2.90. The summed E-state index contributed by atoms with van der Waals surface area (Å²) in [5.74, 6) is 1.22. The second-order valence-corrected chi connectivity index (χ2v) is 5.49. The van der Waals surface area contributed by atoms with Crippen molar-refractivity contribution in [2.24, 2.45) is 5.41 Å². The van der Waals surface area contributed by atoms with Crippen LogP contribution in [-0.2, 0) is 4.79 Å². The second kappa shape index (κ2) is 5.96. The van der Waals surface area contributed by atoms with Crippen molar-refractivity contribution >= 4 is 12.0 Å². The molecule has 5 heteroatoms. The number of hydrogen-bond acceptors (Lipinski definition) is 4. The summed E-state index contributed by atoms with van der Waals surface area (Å²) in [6, 6.07) is 5.49. The molecule has 0 saturated carbocycles. The molecule has 0 saturated heterocycles. The summed E-state index contributed by atoms with van der Waals surface area (Å²) in [4.78, 5) is 11.7. The first kappa shape index (κ1) is 14.4. The van der Waals surface area contributed by atoms with Gasteiger partial charge in [0.2, 0.25) is 12.7 Å². The van der Waals surface area contributed by atoms with Crippen molar-refractivity contribution < 1.29 is 19.4 Å². The Bertz CT molecular complexity index is 523. The van der Waals surface area contributed by atoms with Gasteiger partial charge in [-0.15, -0.1) is 0 Å². The lowest BCUT2D eigenvalue weighted by Gasteiger charge is -2.21. The molecule has 0 bridgehead atoms. The van der Waals surface area contributed by atoms with E-state index >= 15 is 0 Å². The molecule has 5 nitrogen and oxygen atoms in total. The zero-order valence-corrected chi connectivity index (χ0v) is 11.7. The number of rotatable bonds is 5. The monoisotopic (exact) mass is 277 g/mol. The number of hydrogen-bond donors (Lipinski definition) is 2. The summed E-state index contributed by atoms with van der Waals surface area (Å²) >= 11 is 0. The molecule has 1 aromatic carbocycles. The Labute approximate surface area is 118 Å². The number of amides is 1. The summed E-state index contributed by atoms with van der Waals surface area (Å²) in [7, 11) is 0. The van der Waals surface area contributed by atoms with E-state index in [1.54, 1.807) is 6.08 Å². The van der Waals surface area contributed by atoms with Gasteiger partial charge in [-0.25, -0.2) is 0 Å². The van der Waals surface area contributed by atoms with Gasteiger partial charge in [0.25, 0.3) is 0 Å². The van der Waals surface area contributed by atoms with Gasteiger partial charge in [0.05, 0.1) is 0 Å². The Hall–Kier alpha value is -2.01. The fraction of sp³-hybridized carbons (Fsp3) is 0.400. The normalized spacial score (nSPS) is 13.8. The molecule has 2 N–H and O–H groups in total. The zero-order chi connectivity index (χ0) is 14.6.